The molecular formula is C22H20F2N2O2. The van der Waals surface area contributed by atoms with Crippen molar-refractivity contribution in [2.45, 2.75) is 25.9 Å². The fraction of sp³-hybridized carbons (Fsp3) is 0.182. The number of hydrogen-bond donors (Lipinski definition) is 1. The second kappa shape index (κ2) is 8.27. The van der Waals surface area contributed by atoms with E-state index in [1.54, 1.807) is 6.07 Å². The summed E-state index contributed by atoms with van der Waals surface area (Å²) < 4.78 is 26.9. The lowest BCUT2D eigenvalue weighted by molar-refractivity contribution is -0.384. The third-order valence-electron chi connectivity index (χ3n) is 4.69. The van der Waals surface area contributed by atoms with Gasteiger partial charge in [0, 0.05) is 18.2 Å². The number of hydrogen-bond acceptors (Lipinski definition) is 3. The molecular weight excluding hydrogens is 362 g/mol. The average molecular weight is 382 g/mol. The molecule has 3 aromatic carbocycles. The van der Waals surface area contributed by atoms with Gasteiger partial charge in [-0.05, 0) is 42.7 Å². The molecule has 144 valence electrons. The lowest BCUT2D eigenvalue weighted by atomic mass is 9.95. The van der Waals surface area contributed by atoms with Gasteiger partial charge in [0.25, 0.3) is 5.69 Å². The molecule has 0 aliphatic rings. The van der Waals surface area contributed by atoms with E-state index in [1.807, 2.05) is 44.2 Å². The summed E-state index contributed by atoms with van der Waals surface area (Å²) in [4.78, 5) is 10.7. The summed E-state index contributed by atoms with van der Waals surface area (Å²) in [5.74, 6) is -1.81. The molecule has 3 rings (SSSR count). The summed E-state index contributed by atoms with van der Waals surface area (Å²) in [6.45, 7) is 3.81. The molecule has 0 bridgehead atoms. The number of nitrogens with one attached hydrogen (secondary N) is 1. The summed E-state index contributed by atoms with van der Waals surface area (Å²) in [5.41, 5.74) is 3.31. The highest BCUT2D eigenvalue weighted by atomic mass is 19.2. The van der Waals surface area contributed by atoms with Crippen LogP contribution in [0.25, 0.3) is 0 Å². The first-order chi connectivity index (χ1) is 13.3. The molecule has 28 heavy (non-hydrogen) atoms. The highest BCUT2D eigenvalue weighted by Crippen LogP contribution is 2.29. The van der Waals surface area contributed by atoms with E-state index in [9.17, 15) is 18.9 Å². The van der Waals surface area contributed by atoms with Crippen molar-refractivity contribution < 1.29 is 13.7 Å². The molecule has 2 atom stereocenters. The van der Waals surface area contributed by atoms with Gasteiger partial charge in [0.05, 0.1) is 11.0 Å². The Morgan fingerprint density at radius 2 is 1.57 bits per heavy atom. The van der Waals surface area contributed by atoms with Gasteiger partial charge in [0.15, 0.2) is 11.6 Å². The highest BCUT2D eigenvalue weighted by Gasteiger charge is 2.20. The maximum atomic E-state index is 13.6. The summed E-state index contributed by atoms with van der Waals surface area (Å²) >= 11 is 0. The van der Waals surface area contributed by atoms with Crippen LogP contribution in [-0.2, 0) is 0 Å². The van der Waals surface area contributed by atoms with E-state index in [1.165, 1.54) is 18.2 Å². The Balaban J connectivity index is 1.98. The second-order valence-corrected chi connectivity index (χ2v) is 6.76. The number of nitrogens with zero attached hydrogens (tertiary/aromatic N) is 1. The fourth-order valence-electron chi connectivity index (χ4n) is 3.09. The normalized spacial score (nSPS) is 13.1. The smallest absolute Gasteiger partial charge is 0.269 e. The quantitative estimate of drug-likeness (QED) is 0.445. The Morgan fingerprint density at radius 3 is 2.21 bits per heavy atom. The summed E-state index contributed by atoms with van der Waals surface area (Å²) in [6, 6.07) is 17.3. The van der Waals surface area contributed by atoms with E-state index in [0.29, 0.717) is 11.1 Å². The van der Waals surface area contributed by atoms with Crippen molar-refractivity contribution in [3.63, 3.8) is 0 Å². The predicted octanol–water partition coefficient (Wildman–Crippen LogP) is 5.62. The molecule has 4 nitrogen and oxygen atoms in total. The van der Waals surface area contributed by atoms with Gasteiger partial charge in [-0.2, -0.15) is 0 Å². The molecule has 0 aromatic heterocycles. The van der Waals surface area contributed by atoms with E-state index >= 15 is 0 Å². The van der Waals surface area contributed by atoms with Crippen LogP contribution in [0, 0.1) is 28.7 Å². The summed E-state index contributed by atoms with van der Waals surface area (Å²) in [5, 5.41) is 14.6. The molecule has 6 heteroatoms. The average Bonchev–Trinajstić information content (AvgIpc) is 2.69. The molecule has 0 aliphatic carbocycles. The first-order valence-corrected chi connectivity index (χ1v) is 8.87. The van der Waals surface area contributed by atoms with Crippen molar-refractivity contribution in [1.82, 2.24) is 5.32 Å². The third-order valence-corrected chi connectivity index (χ3v) is 4.69. The molecule has 3 aromatic rings. The Kier molecular flexibility index (Phi) is 5.80. The number of nitro groups is 1. The van der Waals surface area contributed by atoms with Crippen LogP contribution in [0.5, 0.6) is 0 Å². The lowest BCUT2D eigenvalue weighted by Gasteiger charge is -2.25. The predicted molar refractivity (Wildman–Crippen MR) is 104 cm³/mol. The van der Waals surface area contributed by atoms with E-state index in [2.05, 4.69) is 5.32 Å². The molecule has 0 spiro atoms. The third kappa shape index (κ3) is 4.40. The van der Waals surface area contributed by atoms with Crippen LogP contribution in [-0.4, -0.2) is 4.92 Å². The van der Waals surface area contributed by atoms with Gasteiger partial charge < -0.3 is 0 Å². The molecule has 0 heterocycles. The van der Waals surface area contributed by atoms with Gasteiger partial charge in [-0.1, -0.05) is 48.0 Å². The minimum atomic E-state index is -0.909. The molecule has 0 fully saturated rings. The monoisotopic (exact) mass is 382 g/mol. The van der Waals surface area contributed by atoms with Gasteiger partial charge in [-0.3, -0.25) is 15.4 Å². The maximum absolute atomic E-state index is 13.6. The maximum Gasteiger partial charge on any atom is 0.269 e. The van der Waals surface area contributed by atoms with Crippen molar-refractivity contribution in [2.75, 3.05) is 0 Å². The second-order valence-electron chi connectivity index (χ2n) is 6.76. The molecule has 1 N–H and O–H groups in total. The van der Waals surface area contributed by atoms with E-state index in [4.69, 9.17) is 0 Å². The molecule has 0 aliphatic heterocycles. The SMILES string of the molecule is Cc1ccc(C(NC(C)c2ccc(F)c(F)c2)c2cccc([N+](=O)[O-])c2)cc1. The van der Waals surface area contributed by atoms with Crippen molar-refractivity contribution >= 4 is 5.69 Å². The van der Waals surface area contributed by atoms with Crippen molar-refractivity contribution in [3.05, 3.63) is 111 Å². The zero-order valence-electron chi connectivity index (χ0n) is 15.5. The Bertz CT molecular complexity index is 990. The van der Waals surface area contributed by atoms with Crippen LogP contribution in [0.3, 0.4) is 0 Å². The molecule has 0 saturated heterocycles. The fourth-order valence-corrected chi connectivity index (χ4v) is 3.09. The number of aryl methyl sites for hydroxylation is 1. The van der Waals surface area contributed by atoms with Crippen molar-refractivity contribution in [1.29, 1.82) is 0 Å². The Hall–Kier alpha value is -3.12. The Morgan fingerprint density at radius 1 is 0.893 bits per heavy atom. The first kappa shape index (κ1) is 19.6. The van der Waals surface area contributed by atoms with Crippen LogP contribution in [0.2, 0.25) is 0 Å². The molecule has 0 amide bonds. The number of nitro benzene ring substituents is 1. The summed E-state index contributed by atoms with van der Waals surface area (Å²) in [7, 11) is 0. The number of halogens is 2. The van der Waals surface area contributed by atoms with Gasteiger partial charge in [0.2, 0.25) is 0 Å². The van der Waals surface area contributed by atoms with Crippen LogP contribution < -0.4 is 5.32 Å². The van der Waals surface area contributed by atoms with Crippen LogP contribution in [0.15, 0.2) is 66.7 Å². The Labute approximate surface area is 162 Å². The van der Waals surface area contributed by atoms with Crippen LogP contribution in [0.4, 0.5) is 14.5 Å². The minimum absolute atomic E-state index is 0.00288. The zero-order chi connectivity index (χ0) is 20.3. The van der Waals surface area contributed by atoms with E-state index < -0.39 is 16.6 Å². The number of rotatable bonds is 6. The van der Waals surface area contributed by atoms with Gasteiger partial charge in [-0.15, -0.1) is 0 Å². The topological polar surface area (TPSA) is 55.2 Å². The highest BCUT2D eigenvalue weighted by molar-refractivity contribution is 5.41. The largest absolute Gasteiger partial charge is 0.300 e. The van der Waals surface area contributed by atoms with E-state index in [-0.39, 0.29) is 17.8 Å². The van der Waals surface area contributed by atoms with Crippen molar-refractivity contribution in [3.8, 4) is 0 Å². The van der Waals surface area contributed by atoms with Crippen molar-refractivity contribution in [2.24, 2.45) is 0 Å². The first-order valence-electron chi connectivity index (χ1n) is 8.87. The molecule has 2 unspecified atom stereocenters. The summed E-state index contributed by atoms with van der Waals surface area (Å²) in [6.07, 6.45) is 0. The van der Waals surface area contributed by atoms with Gasteiger partial charge in [0.1, 0.15) is 0 Å². The van der Waals surface area contributed by atoms with E-state index in [0.717, 1.165) is 23.3 Å². The molecule has 0 saturated carbocycles. The zero-order valence-corrected chi connectivity index (χ0v) is 15.5. The standard InChI is InChI=1S/C22H20F2N2O2/c1-14-6-8-16(9-7-14)22(18-4-3-5-19(12-18)26(27)28)25-15(2)17-10-11-20(23)21(24)13-17/h3-13,15,22,25H,1-2H3. The number of non-ortho nitro benzene ring substituents is 1. The number of benzene rings is 3. The van der Waals surface area contributed by atoms with Gasteiger partial charge in [-0.25, -0.2) is 8.78 Å². The van der Waals surface area contributed by atoms with Gasteiger partial charge >= 0.3 is 0 Å². The molecule has 0 radical (unpaired) electrons. The van der Waals surface area contributed by atoms with Crippen LogP contribution in [0.1, 0.15) is 41.3 Å². The van der Waals surface area contributed by atoms with Crippen LogP contribution >= 0.6 is 0 Å². The minimum Gasteiger partial charge on any atom is -0.300 e. The lowest BCUT2D eigenvalue weighted by Crippen LogP contribution is -2.26.